The minimum Gasteiger partial charge on any atom is -0.481 e. The Morgan fingerprint density at radius 1 is 0.877 bits per heavy atom. The second kappa shape index (κ2) is 15.1. The lowest BCUT2D eigenvalue weighted by atomic mass is 9.61. The average molecular weight is 820 g/mol. The zero-order valence-electron chi connectivity index (χ0n) is 31.0. The van der Waals surface area contributed by atoms with Gasteiger partial charge in [-0.1, -0.05) is 44.0 Å². The Bertz CT molecular complexity index is 2520. The molecule has 57 heavy (non-hydrogen) atoms. The highest BCUT2D eigenvalue weighted by atomic mass is 35.5. The van der Waals surface area contributed by atoms with Crippen LogP contribution in [0.3, 0.4) is 0 Å². The fourth-order valence-corrected chi connectivity index (χ4v) is 8.34. The lowest BCUT2D eigenvalue weighted by Crippen LogP contribution is -2.51. The van der Waals surface area contributed by atoms with Gasteiger partial charge in [-0.3, -0.25) is 14.6 Å². The third-order valence-electron chi connectivity index (χ3n) is 11.1. The first-order valence-electron chi connectivity index (χ1n) is 18.5. The van der Waals surface area contributed by atoms with Gasteiger partial charge in [0, 0.05) is 35.6 Å². The molecule has 2 bridgehead atoms. The molecule has 6 aromatic rings. The summed E-state index contributed by atoms with van der Waals surface area (Å²) in [6, 6.07) is 1.85. The van der Waals surface area contributed by atoms with Crippen LogP contribution in [0, 0.1) is 34.8 Å². The number of aliphatic carboxylic acids is 1. The Hall–Kier alpha value is -5.48. The molecule has 0 radical (unpaired) electrons. The molecule has 3 unspecified atom stereocenters. The maximum Gasteiger partial charge on any atom is 0.308 e. The van der Waals surface area contributed by atoms with E-state index in [2.05, 4.69) is 50.5 Å². The minimum absolute atomic E-state index is 0.0145. The Labute approximate surface area is 334 Å². The third kappa shape index (κ3) is 7.67. The fraction of sp³-hybridized carbons (Fsp3) is 0.385. The summed E-state index contributed by atoms with van der Waals surface area (Å²) in [5.74, 6) is -3.70. The molecule has 0 saturated heterocycles. The molecular weight excluding hydrogens is 781 g/mol. The number of aromatic amines is 2. The molecule has 9 rings (SSSR count). The number of hydrogen-bond acceptors (Lipinski definition) is 11. The van der Waals surface area contributed by atoms with Crippen LogP contribution in [0.2, 0.25) is 10.3 Å². The number of aromatic nitrogens is 8. The van der Waals surface area contributed by atoms with Crippen LogP contribution >= 0.6 is 23.2 Å². The van der Waals surface area contributed by atoms with Crippen LogP contribution in [-0.2, 0) is 20.9 Å². The number of hydrogen-bond donors (Lipinski definition) is 5. The number of pyridine rings is 2. The number of nitrogens with zero attached hydrogens (tertiary/aromatic N) is 6. The van der Waals surface area contributed by atoms with Gasteiger partial charge in [0.2, 0.25) is 0 Å². The number of halogens is 4. The van der Waals surface area contributed by atoms with E-state index in [1.165, 1.54) is 24.5 Å². The molecule has 296 valence electrons. The Balaban J connectivity index is 1.06. The van der Waals surface area contributed by atoms with Crippen molar-refractivity contribution in [3.05, 3.63) is 70.8 Å². The number of anilines is 2. The molecule has 3 saturated carbocycles. The lowest BCUT2D eigenvalue weighted by molar-refractivity contribution is -0.148. The van der Waals surface area contributed by atoms with E-state index < -0.39 is 53.6 Å². The fourth-order valence-electron chi connectivity index (χ4n) is 8.08. The predicted molar refractivity (Wildman–Crippen MR) is 209 cm³/mol. The van der Waals surface area contributed by atoms with Gasteiger partial charge >= 0.3 is 11.9 Å². The summed E-state index contributed by atoms with van der Waals surface area (Å²) >= 11 is 12.3. The highest BCUT2D eigenvalue weighted by molar-refractivity contribution is 6.30. The van der Waals surface area contributed by atoms with Gasteiger partial charge in [-0.2, -0.15) is 0 Å². The van der Waals surface area contributed by atoms with Gasteiger partial charge in [-0.05, 0) is 55.1 Å². The first-order valence-corrected chi connectivity index (χ1v) is 19.3. The van der Waals surface area contributed by atoms with Crippen molar-refractivity contribution in [2.75, 3.05) is 10.6 Å². The van der Waals surface area contributed by atoms with Gasteiger partial charge in [-0.15, -0.1) is 0 Å². The van der Waals surface area contributed by atoms with E-state index in [9.17, 15) is 14.7 Å². The molecule has 3 aliphatic carbocycles. The monoisotopic (exact) mass is 818 g/mol. The first-order chi connectivity index (χ1) is 27.2. The van der Waals surface area contributed by atoms with Crippen molar-refractivity contribution in [2.24, 2.45) is 23.2 Å². The number of esters is 1. The summed E-state index contributed by atoms with van der Waals surface area (Å²) in [5, 5.41) is 16.9. The topological polar surface area (TPSA) is 197 Å². The summed E-state index contributed by atoms with van der Waals surface area (Å²) < 4.78 is 37.5. The molecule has 5 N–H and O–H groups in total. The molecule has 3 atom stereocenters. The number of carbonyl (C=O) groups excluding carboxylic acids is 1. The van der Waals surface area contributed by atoms with Crippen LogP contribution in [-0.4, -0.2) is 69.0 Å². The molecule has 0 aliphatic heterocycles. The number of ether oxygens (including phenoxy) is 1. The zero-order valence-corrected chi connectivity index (χ0v) is 32.5. The molecule has 6 aromatic heterocycles. The third-order valence-corrected chi connectivity index (χ3v) is 11.4. The van der Waals surface area contributed by atoms with Crippen molar-refractivity contribution in [1.29, 1.82) is 0 Å². The summed E-state index contributed by atoms with van der Waals surface area (Å²) in [7, 11) is 0. The first kappa shape index (κ1) is 38.4. The smallest absolute Gasteiger partial charge is 0.308 e. The number of rotatable bonds is 11. The quantitative estimate of drug-likeness (QED) is 0.0787. The molecule has 14 nitrogen and oxygen atoms in total. The van der Waals surface area contributed by atoms with Gasteiger partial charge in [0.25, 0.3) is 0 Å². The van der Waals surface area contributed by atoms with E-state index in [-0.39, 0.29) is 51.3 Å². The molecule has 6 heterocycles. The SMILES string of the molecule is CC(C)(C)C(CC(=O)OCc1nc(-c2c[nH]c3ncc(Cl)nc23)cc(NC2C3CCC(CC3)C2C(=O)O)c1F)Nc1cc(-c2c[nH]c3ncc(Cl)nc23)ncc1F. The molecule has 3 fully saturated rings. The van der Waals surface area contributed by atoms with Gasteiger partial charge in [-0.25, -0.2) is 33.7 Å². The summed E-state index contributed by atoms with van der Waals surface area (Å²) in [6.07, 6.45) is 10.2. The number of H-pyrrole nitrogens is 2. The maximum absolute atomic E-state index is 16.5. The average Bonchev–Trinajstić information content (AvgIpc) is 3.79. The van der Waals surface area contributed by atoms with Crippen molar-refractivity contribution < 1.29 is 28.2 Å². The lowest BCUT2D eigenvalue weighted by Gasteiger charge is -2.47. The van der Waals surface area contributed by atoms with Crippen LogP contribution in [0.25, 0.3) is 44.8 Å². The van der Waals surface area contributed by atoms with E-state index in [4.69, 9.17) is 27.9 Å². The summed E-state index contributed by atoms with van der Waals surface area (Å²) in [5.41, 5.74) is 2.79. The number of nitrogens with one attached hydrogen (secondary N) is 4. The zero-order chi connectivity index (χ0) is 40.2. The van der Waals surface area contributed by atoms with E-state index in [0.29, 0.717) is 39.1 Å². The van der Waals surface area contributed by atoms with E-state index in [0.717, 1.165) is 31.9 Å². The Kier molecular flexibility index (Phi) is 10.2. The molecule has 0 aromatic carbocycles. The van der Waals surface area contributed by atoms with Crippen molar-refractivity contribution >= 4 is 68.8 Å². The summed E-state index contributed by atoms with van der Waals surface area (Å²) in [4.78, 5) is 58.1. The number of carbonyl (C=O) groups is 2. The maximum atomic E-state index is 16.5. The van der Waals surface area contributed by atoms with Crippen LogP contribution in [0.5, 0.6) is 0 Å². The van der Waals surface area contributed by atoms with E-state index >= 15 is 8.78 Å². The van der Waals surface area contributed by atoms with E-state index in [1.54, 1.807) is 12.4 Å². The molecule has 3 aliphatic rings. The predicted octanol–water partition coefficient (Wildman–Crippen LogP) is 8.20. The van der Waals surface area contributed by atoms with Crippen LogP contribution in [0.4, 0.5) is 20.2 Å². The Morgan fingerprint density at radius 2 is 1.47 bits per heavy atom. The largest absolute Gasteiger partial charge is 0.481 e. The second-order valence-electron chi connectivity index (χ2n) is 15.7. The summed E-state index contributed by atoms with van der Waals surface area (Å²) in [6.45, 7) is 5.11. The van der Waals surface area contributed by atoms with Crippen molar-refractivity contribution in [1.82, 2.24) is 39.9 Å². The van der Waals surface area contributed by atoms with Gasteiger partial charge in [0.05, 0.1) is 53.7 Å². The number of fused-ring (bicyclic) bond motifs is 5. The van der Waals surface area contributed by atoms with Crippen molar-refractivity contribution in [3.8, 4) is 22.5 Å². The second-order valence-corrected chi connectivity index (χ2v) is 16.5. The van der Waals surface area contributed by atoms with E-state index in [1.807, 2.05) is 20.8 Å². The Morgan fingerprint density at radius 3 is 2.09 bits per heavy atom. The molecule has 0 spiro atoms. The normalized spacial score (nSPS) is 19.8. The van der Waals surface area contributed by atoms with Crippen molar-refractivity contribution in [3.63, 3.8) is 0 Å². The highest BCUT2D eigenvalue weighted by Crippen LogP contribution is 2.47. The highest BCUT2D eigenvalue weighted by Gasteiger charge is 2.47. The van der Waals surface area contributed by atoms with Crippen LogP contribution in [0.1, 0.15) is 58.6 Å². The number of carboxylic acids is 1. The molecular formula is C39H38Cl2F2N10O4. The van der Waals surface area contributed by atoms with Gasteiger partial charge < -0.3 is 30.4 Å². The van der Waals surface area contributed by atoms with Gasteiger partial charge in [0.15, 0.2) is 22.9 Å². The standard InChI is InChI=1S/C39H38Cl2F2N10O4/c1-39(2,3)27(50-24-8-22(44-13-21(24)42)19-11-45-36-34(19)52-28(40)14-47-36)10-30(54)57-16-26-32(43)25(51-33-18-6-4-17(5-7-18)31(33)38(55)56)9-23(49-26)20-12-46-37-35(20)53-29(41)15-48-37/h8-9,11-15,17-18,27,31,33H,4-7,10,16H2,1-3H3,(H,44,50)(H,45,47)(H,46,48)(H,49,51)(H,55,56). The number of carboxylic acid groups (broad SMARTS) is 1. The van der Waals surface area contributed by atoms with Crippen LogP contribution in [0.15, 0.2) is 43.1 Å². The molecule has 0 amide bonds. The van der Waals surface area contributed by atoms with Crippen LogP contribution < -0.4 is 10.6 Å². The van der Waals surface area contributed by atoms with Gasteiger partial charge in [0.1, 0.15) is 33.6 Å². The molecule has 18 heteroatoms. The van der Waals surface area contributed by atoms with Crippen molar-refractivity contribution in [2.45, 2.75) is 71.6 Å². The minimum atomic E-state index is -0.922.